The minimum Gasteiger partial charge on any atom is -0.481 e. The average Bonchev–Trinajstić information content (AvgIpc) is 3.14. The van der Waals surface area contributed by atoms with E-state index < -0.39 is 11.4 Å². The van der Waals surface area contributed by atoms with Crippen LogP contribution in [0.3, 0.4) is 0 Å². The number of carbonyl (C=O) groups is 1. The summed E-state index contributed by atoms with van der Waals surface area (Å²) in [4.78, 5) is 11.6. The van der Waals surface area contributed by atoms with Gasteiger partial charge in [0.15, 0.2) is 5.82 Å². The highest BCUT2D eigenvalue weighted by molar-refractivity contribution is 7.07. The summed E-state index contributed by atoms with van der Waals surface area (Å²) < 4.78 is 1.66. The van der Waals surface area contributed by atoms with Gasteiger partial charge < -0.3 is 5.11 Å². The quantitative estimate of drug-likeness (QED) is 0.911. The molecule has 0 saturated heterocycles. The molecule has 0 spiro atoms. The maximum atomic E-state index is 11.6. The van der Waals surface area contributed by atoms with E-state index >= 15 is 0 Å². The normalized spacial score (nSPS) is 17.4. The van der Waals surface area contributed by atoms with E-state index in [0.717, 1.165) is 24.2 Å². The van der Waals surface area contributed by atoms with Gasteiger partial charge in [-0.3, -0.25) is 4.79 Å². The molecule has 1 N–H and O–H groups in total. The van der Waals surface area contributed by atoms with Crippen LogP contribution in [-0.4, -0.2) is 31.3 Å². The Hall–Kier alpha value is -1.76. The summed E-state index contributed by atoms with van der Waals surface area (Å²) in [6.07, 6.45) is 3.99. The second-order valence-corrected chi connectivity index (χ2v) is 6.13. The highest BCUT2D eigenvalue weighted by atomic mass is 32.1. The van der Waals surface area contributed by atoms with Crippen molar-refractivity contribution in [2.24, 2.45) is 5.41 Å². The number of thiophene rings is 1. The summed E-state index contributed by atoms with van der Waals surface area (Å²) in [5.74, 6) is 0.00269. The number of carboxylic acids is 1. The molecule has 1 saturated carbocycles. The minimum absolute atomic E-state index is 0.370. The first-order valence-corrected chi connectivity index (χ1v) is 7.63. The van der Waals surface area contributed by atoms with Crippen LogP contribution in [0.1, 0.15) is 37.1 Å². The molecular weight excluding hydrogens is 276 g/mol. The molecule has 0 aliphatic heterocycles. The Morgan fingerprint density at radius 3 is 2.90 bits per heavy atom. The number of carboxylic acid groups (broad SMARTS) is 1. The summed E-state index contributed by atoms with van der Waals surface area (Å²) in [5.41, 5.74) is 0.459. The molecule has 20 heavy (non-hydrogen) atoms. The lowest BCUT2D eigenvalue weighted by molar-refractivity contribution is -0.149. The fourth-order valence-corrected chi connectivity index (χ4v) is 3.50. The fraction of sp³-hybridized carbons (Fsp3) is 0.538. The van der Waals surface area contributed by atoms with Crippen LogP contribution in [0.15, 0.2) is 16.8 Å². The molecule has 2 aromatic rings. The zero-order chi connectivity index (χ0) is 14.0. The number of tetrazole rings is 1. The molecule has 2 heterocycles. The standard InChI is InChI=1S/C13H16N4O2S/c18-12(19)13(4-1-2-5-13)9-17-11(14-15-16-17)7-10-3-6-20-8-10/h3,6,8H,1-2,4-5,7,9H2,(H,18,19). The molecule has 1 fully saturated rings. The van der Waals surface area contributed by atoms with Crippen molar-refractivity contribution in [1.29, 1.82) is 0 Å². The monoisotopic (exact) mass is 292 g/mol. The SMILES string of the molecule is O=C(O)C1(Cn2nnnc2Cc2ccsc2)CCCC1. The fourth-order valence-electron chi connectivity index (χ4n) is 2.83. The van der Waals surface area contributed by atoms with E-state index in [4.69, 9.17) is 0 Å². The molecule has 6 nitrogen and oxygen atoms in total. The van der Waals surface area contributed by atoms with Crippen LogP contribution in [0.2, 0.25) is 0 Å². The molecular formula is C13H16N4O2S. The van der Waals surface area contributed by atoms with Gasteiger partial charge in [0.25, 0.3) is 0 Å². The van der Waals surface area contributed by atoms with E-state index in [1.807, 2.05) is 11.4 Å². The molecule has 0 amide bonds. The first-order chi connectivity index (χ1) is 9.70. The Morgan fingerprint density at radius 1 is 1.45 bits per heavy atom. The predicted octanol–water partition coefficient (Wildman–Crippen LogP) is 1.97. The van der Waals surface area contributed by atoms with Gasteiger partial charge >= 0.3 is 5.97 Å². The Bertz CT molecular complexity index is 587. The molecule has 2 aromatic heterocycles. The summed E-state index contributed by atoms with van der Waals surface area (Å²) in [6.45, 7) is 0.370. The first kappa shape index (κ1) is 13.2. The molecule has 0 atom stereocenters. The summed E-state index contributed by atoms with van der Waals surface area (Å²) in [5, 5.41) is 25.3. The third-order valence-electron chi connectivity index (χ3n) is 4.02. The number of hydrogen-bond donors (Lipinski definition) is 1. The van der Waals surface area contributed by atoms with Crippen LogP contribution < -0.4 is 0 Å². The molecule has 0 aromatic carbocycles. The number of hydrogen-bond acceptors (Lipinski definition) is 5. The van der Waals surface area contributed by atoms with E-state index in [1.54, 1.807) is 16.0 Å². The van der Waals surface area contributed by atoms with Gasteiger partial charge in [-0.25, -0.2) is 4.68 Å². The van der Waals surface area contributed by atoms with Crippen LogP contribution in [-0.2, 0) is 17.8 Å². The number of aliphatic carboxylic acids is 1. The van der Waals surface area contributed by atoms with Crippen molar-refractivity contribution >= 4 is 17.3 Å². The van der Waals surface area contributed by atoms with E-state index in [9.17, 15) is 9.90 Å². The molecule has 0 unspecified atom stereocenters. The molecule has 0 radical (unpaired) electrons. The van der Waals surface area contributed by atoms with Crippen LogP contribution in [0.25, 0.3) is 0 Å². The second kappa shape index (κ2) is 5.32. The zero-order valence-electron chi connectivity index (χ0n) is 11.0. The first-order valence-electron chi connectivity index (χ1n) is 6.69. The summed E-state index contributed by atoms with van der Waals surface area (Å²) >= 11 is 1.63. The Labute approximate surface area is 120 Å². The topological polar surface area (TPSA) is 80.9 Å². The largest absolute Gasteiger partial charge is 0.481 e. The molecule has 1 aliphatic carbocycles. The number of rotatable bonds is 5. The van der Waals surface area contributed by atoms with Crippen molar-refractivity contribution < 1.29 is 9.90 Å². The highest BCUT2D eigenvalue weighted by Gasteiger charge is 2.42. The zero-order valence-corrected chi connectivity index (χ0v) is 11.8. The van der Waals surface area contributed by atoms with Gasteiger partial charge in [-0.1, -0.05) is 12.8 Å². The van der Waals surface area contributed by atoms with Crippen LogP contribution in [0.5, 0.6) is 0 Å². The van der Waals surface area contributed by atoms with Crippen molar-refractivity contribution in [2.75, 3.05) is 0 Å². The third kappa shape index (κ3) is 2.45. The Morgan fingerprint density at radius 2 is 2.25 bits per heavy atom. The van der Waals surface area contributed by atoms with Gasteiger partial charge in [0.2, 0.25) is 0 Å². The maximum Gasteiger partial charge on any atom is 0.311 e. The smallest absolute Gasteiger partial charge is 0.311 e. The Kier molecular flexibility index (Phi) is 3.52. The Balaban J connectivity index is 1.81. The van der Waals surface area contributed by atoms with Crippen LogP contribution >= 0.6 is 11.3 Å². The third-order valence-corrected chi connectivity index (χ3v) is 4.75. The van der Waals surface area contributed by atoms with E-state index in [0.29, 0.717) is 25.8 Å². The van der Waals surface area contributed by atoms with Crippen molar-refractivity contribution in [2.45, 2.75) is 38.6 Å². The molecule has 106 valence electrons. The van der Waals surface area contributed by atoms with Crippen LogP contribution in [0.4, 0.5) is 0 Å². The van der Waals surface area contributed by atoms with Crippen molar-refractivity contribution in [3.63, 3.8) is 0 Å². The molecule has 7 heteroatoms. The van der Waals surface area contributed by atoms with Gasteiger partial charge in [-0.15, -0.1) is 5.10 Å². The van der Waals surface area contributed by atoms with Crippen molar-refractivity contribution in [1.82, 2.24) is 20.2 Å². The lowest BCUT2D eigenvalue weighted by Crippen LogP contribution is -2.33. The van der Waals surface area contributed by atoms with Gasteiger partial charge in [0.1, 0.15) is 0 Å². The summed E-state index contributed by atoms with van der Waals surface area (Å²) in [6, 6.07) is 2.03. The van der Waals surface area contributed by atoms with E-state index in [2.05, 4.69) is 20.9 Å². The molecule has 0 bridgehead atoms. The van der Waals surface area contributed by atoms with Gasteiger partial charge in [0.05, 0.1) is 12.0 Å². The highest BCUT2D eigenvalue weighted by Crippen LogP contribution is 2.39. The van der Waals surface area contributed by atoms with Gasteiger partial charge in [-0.05, 0) is 45.7 Å². The van der Waals surface area contributed by atoms with E-state index in [1.165, 1.54) is 0 Å². The average molecular weight is 292 g/mol. The second-order valence-electron chi connectivity index (χ2n) is 5.35. The molecule has 3 rings (SSSR count). The minimum atomic E-state index is -0.730. The van der Waals surface area contributed by atoms with Crippen molar-refractivity contribution in [3.05, 3.63) is 28.2 Å². The predicted molar refractivity (Wildman–Crippen MR) is 73.5 cm³/mol. The van der Waals surface area contributed by atoms with Crippen LogP contribution in [0, 0.1) is 5.41 Å². The number of nitrogens with zero attached hydrogens (tertiary/aromatic N) is 4. The van der Waals surface area contributed by atoms with Gasteiger partial charge in [0, 0.05) is 6.42 Å². The summed E-state index contributed by atoms with van der Waals surface area (Å²) in [7, 11) is 0. The maximum absolute atomic E-state index is 11.6. The lowest BCUT2D eigenvalue weighted by atomic mass is 9.86. The number of aromatic nitrogens is 4. The van der Waals surface area contributed by atoms with Crippen molar-refractivity contribution in [3.8, 4) is 0 Å². The van der Waals surface area contributed by atoms with E-state index in [-0.39, 0.29) is 0 Å². The molecule has 1 aliphatic rings. The van der Waals surface area contributed by atoms with Gasteiger partial charge in [-0.2, -0.15) is 11.3 Å². The lowest BCUT2D eigenvalue weighted by Gasteiger charge is -2.23.